The number of rotatable bonds is 2. The fourth-order valence-electron chi connectivity index (χ4n) is 1.05. The Hall–Kier alpha value is -0.590. The van der Waals surface area contributed by atoms with Gasteiger partial charge in [-0.25, -0.2) is 4.98 Å². The summed E-state index contributed by atoms with van der Waals surface area (Å²) in [7, 11) is 0. The van der Waals surface area contributed by atoms with E-state index in [-0.39, 0.29) is 5.78 Å². The van der Waals surface area contributed by atoms with Crippen molar-refractivity contribution in [1.82, 2.24) is 9.97 Å². The van der Waals surface area contributed by atoms with Crippen LogP contribution >= 0.6 is 43.2 Å². The highest BCUT2D eigenvalue weighted by Gasteiger charge is 2.16. The van der Waals surface area contributed by atoms with Crippen molar-refractivity contribution < 1.29 is 4.79 Å². The number of carbonyl (C=O) groups excluding carboxylic acids is 1. The van der Waals surface area contributed by atoms with Gasteiger partial charge in [-0.05, 0) is 37.9 Å². The van der Waals surface area contributed by atoms with Crippen molar-refractivity contribution in [3.63, 3.8) is 0 Å². The number of hydrogen-bond donors (Lipinski definition) is 0. The molecular weight excluding hydrogens is 344 g/mol. The Kier molecular flexibility index (Phi) is 3.28. The molecule has 0 aliphatic rings. The van der Waals surface area contributed by atoms with Crippen molar-refractivity contribution >= 4 is 49.0 Å². The number of carbonyl (C=O) groups is 1. The number of ketones is 1. The lowest BCUT2D eigenvalue weighted by atomic mass is 10.2. The van der Waals surface area contributed by atoms with Crippen LogP contribution in [0.5, 0.6) is 0 Å². The molecule has 0 amide bonds. The molecule has 0 fully saturated rings. The second kappa shape index (κ2) is 4.51. The van der Waals surface area contributed by atoms with E-state index < -0.39 is 0 Å². The fourth-order valence-corrected chi connectivity index (χ4v) is 3.84. The zero-order valence-electron chi connectivity index (χ0n) is 7.28. The Bertz CT molecular complexity index is 498. The van der Waals surface area contributed by atoms with Crippen LogP contribution in [0.3, 0.4) is 0 Å². The van der Waals surface area contributed by atoms with Crippen LogP contribution in [0.2, 0.25) is 0 Å². The standard InChI is InChI=1S/C9H4Br2N2OS/c10-7-3-5(9(11)15-7)8(14)6-4-12-1-2-13-6/h1-4H. The van der Waals surface area contributed by atoms with Crippen LogP contribution in [-0.4, -0.2) is 15.8 Å². The van der Waals surface area contributed by atoms with E-state index in [1.165, 1.54) is 29.9 Å². The van der Waals surface area contributed by atoms with Crippen LogP contribution in [0.25, 0.3) is 0 Å². The molecule has 2 aromatic rings. The molecule has 2 rings (SSSR count). The molecule has 0 bridgehead atoms. The van der Waals surface area contributed by atoms with Crippen molar-refractivity contribution in [2.45, 2.75) is 0 Å². The Morgan fingerprint density at radius 3 is 2.67 bits per heavy atom. The molecule has 0 spiro atoms. The van der Waals surface area contributed by atoms with Crippen molar-refractivity contribution in [1.29, 1.82) is 0 Å². The average molecular weight is 348 g/mol. The van der Waals surface area contributed by atoms with Crippen molar-refractivity contribution in [3.05, 3.63) is 43.5 Å². The van der Waals surface area contributed by atoms with E-state index in [1.54, 1.807) is 6.07 Å². The molecule has 0 unspecified atom stereocenters. The van der Waals surface area contributed by atoms with Crippen molar-refractivity contribution in [2.75, 3.05) is 0 Å². The molecule has 15 heavy (non-hydrogen) atoms. The van der Waals surface area contributed by atoms with Gasteiger partial charge in [0.1, 0.15) is 5.69 Å². The maximum Gasteiger partial charge on any atom is 0.214 e. The predicted molar refractivity (Wildman–Crippen MR) is 65.2 cm³/mol. The lowest BCUT2D eigenvalue weighted by Gasteiger charge is -1.96. The van der Waals surface area contributed by atoms with Gasteiger partial charge < -0.3 is 0 Å². The first-order valence-electron chi connectivity index (χ1n) is 3.94. The maximum absolute atomic E-state index is 11.9. The molecular formula is C9H4Br2N2OS. The maximum atomic E-state index is 11.9. The second-order valence-corrected chi connectivity index (χ2v) is 6.41. The average Bonchev–Trinajstić information content (AvgIpc) is 2.58. The van der Waals surface area contributed by atoms with Gasteiger partial charge in [-0.1, -0.05) is 0 Å². The van der Waals surface area contributed by atoms with E-state index >= 15 is 0 Å². The molecule has 3 nitrogen and oxygen atoms in total. The summed E-state index contributed by atoms with van der Waals surface area (Å²) < 4.78 is 1.70. The topological polar surface area (TPSA) is 42.9 Å². The van der Waals surface area contributed by atoms with Crippen LogP contribution in [-0.2, 0) is 0 Å². The van der Waals surface area contributed by atoms with E-state index in [0.717, 1.165) is 7.57 Å². The molecule has 0 saturated carbocycles. The summed E-state index contributed by atoms with van der Waals surface area (Å²) >= 11 is 8.12. The number of thiophene rings is 1. The summed E-state index contributed by atoms with van der Waals surface area (Å²) in [5.74, 6) is -0.128. The van der Waals surface area contributed by atoms with Crippen LogP contribution < -0.4 is 0 Å². The zero-order chi connectivity index (χ0) is 10.8. The van der Waals surface area contributed by atoms with Crippen molar-refractivity contribution in [3.8, 4) is 0 Å². The third-order valence-corrected chi connectivity index (χ3v) is 4.04. The highest BCUT2D eigenvalue weighted by Crippen LogP contribution is 2.32. The number of halogens is 2. The SMILES string of the molecule is O=C(c1cnccn1)c1cc(Br)sc1Br. The Morgan fingerprint density at radius 2 is 2.13 bits per heavy atom. The molecule has 6 heteroatoms. The van der Waals surface area contributed by atoms with E-state index in [1.807, 2.05) is 0 Å². The van der Waals surface area contributed by atoms with Gasteiger partial charge in [0.15, 0.2) is 0 Å². The first-order valence-corrected chi connectivity index (χ1v) is 6.34. The largest absolute Gasteiger partial charge is 0.287 e. The Labute approximate surface area is 107 Å². The molecule has 2 aromatic heterocycles. The summed E-state index contributed by atoms with van der Waals surface area (Å²) in [4.78, 5) is 19.8. The fraction of sp³-hybridized carbons (Fsp3) is 0. The monoisotopic (exact) mass is 346 g/mol. The summed E-state index contributed by atoms with van der Waals surface area (Å²) in [6.07, 6.45) is 4.50. The third kappa shape index (κ3) is 2.32. The van der Waals surface area contributed by atoms with Crippen LogP contribution in [0.1, 0.15) is 16.1 Å². The summed E-state index contributed by atoms with van der Waals surface area (Å²) in [5.41, 5.74) is 0.955. The quantitative estimate of drug-likeness (QED) is 0.783. The highest BCUT2D eigenvalue weighted by atomic mass is 79.9. The minimum Gasteiger partial charge on any atom is -0.287 e. The Morgan fingerprint density at radius 1 is 1.33 bits per heavy atom. The molecule has 2 heterocycles. The number of hydrogen-bond acceptors (Lipinski definition) is 4. The highest BCUT2D eigenvalue weighted by molar-refractivity contribution is 9.12. The second-order valence-electron chi connectivity index (χ2n) is 2.66. The van der Waals surface area contributed by atoms with E-state index in [0.29, 0.717) is 11.3 Å². The summed E-state index contributed by atoms with van der Waals surface area (Å²) in [6, 6.07) is 1.77. The minimum atomic E-state index is -0.128. The molecule has 76 valence electrons. The van der Waals surface area contributed by atoms with Gasteiger partial charge in [0.2, 0.25) is 5.78 Å². The van der Waals surface area contributed by atoms with Crippen LogP contribution in [0, 0.1) is 0 Å². The van der Waals surface area contributed by atoms with Gasteiger partial charge in [-0.15, -0.1) is 11.3 Å². The molecule has 0 atom stereocenters. The number of nitrogens with zero attached hydrogens (tertiary/aromatic N) is 2. The lowest BCUT2D eigenvalue weighted by Crippen LogP contribution is -2.03. The number of aromatic nitrogens is 2. The predicted octanol–water partition coefficient (Wildman–Crippen LogP) is 3.29. The smallest absolute Gasteiger partial charge is 0.214 e. The van der Waals surface area contributed by atoms with Gasteiger partial charge in [0, 0.05) is 12.4 Å². The lowest BCUT2D eigenvalue weighted by molar-refractivity contribution is 0.103. The summed E-state index contributed by atoms with van der Waals surface area (Å²) in [6.45, 7) is 0. The molecule has 0 N–H and O–H groups in total. The van der Waals surface area contributed by atoms with Gasteiger partial charge >= 0.3 is 0 Å². The van der Waals surface area contributed by atoms with E-state index in [2.05, 4.69) is 41.8 Å². The van der Waals surface area contributed by atoms with Crippen LogP contribution in [0.15, 0.2) is 32.2 Å². The summed E-state index contributed by atoms with van der Waals surface area (Å²) in [5, 5.41) is 0. The Balaban J connectivity index is 2.41. The van der Waals surface area contributed by atoms with Gasteiger partial charge in [0.25, 0.3) is 0 Å². The molecule has 0 aromatic carbocycles. The van der Waals surface area contributed by atoms with Crippen molar-refractivity contribution in [2.24, 2.45) is 0 Å². The molecule has 0 aliphatic heterocycles. The third-order valence-electron chi connectivity index (χ3n) is 1.70. The van der Waals surface area contributed by atoms with Gasteiger partial charge in [0.05, 0.1) is 19.3 Å². The van der Waals surface area contributed by atoms with E-state index in [4.69, 9.17) is 0 Å². The van der Waals surface area contributed by atoms with Gasteiger partial charge in [-0.2, -0.15) is 0 Å². The normalized spacial score (nSPS) is 10.3. The van der Waals surface area contributed by atoms with E-state index in [9.17, 15) is 4.79 Å². The van der Waals surface area contributed by atoms with Gasteiger partial charge in [-0.3, -0.25) is 9.78 Å². The van der Waals surface area contributed by atoms with Crippen LogP contribution in [0.4, 0.5) is 0 Å². The molecule has 0 saturated heterocycles. The molecule has 0 aliphatic carbocycles. The first-order chi connectivity index (χ1) is 7.18. The zero-order valence-corrected chi connectivity index (χ0v) is 11.3. The first kappa shape index (κ1) is 10.9. The minimum absolute atomic E-state index is 0.128. The molecule has 0 radical (unpaired) electrons.